The molecule has 5 heteroatoms. The van der Waals surface area contributed by atoms with E-state index in [1.807, 2.05) is 54.6 Å². The number of anilines is 1. The zero-order chi connectivity index (χ0) is 24.2. The average molecular weight is 476 g/mol. The number of nitriles is 2. The van der Waals surface area contributed by atoms with Crippen LogP contribution in [0, 0.1) is 33.9 Å². The Labute approximate surface area is 207 Å². The maximum Gasteiger partial charge on any atom is 0.176 e. The molecule has 0 aromatic heterocycles. The van der Waals surface area contributed by atoms with Gasteiger partial charge in [0.15, 0.2) is 5.41 Å². The van der Waals surface area contributed by atoms with E-state index < -0.39 is 23.4 Å². The molecule has 0 spiro atoms. The van der Waals surface area contributed by atoms with Crippen molar-refractivity contribution in [1.29, 1.82) is 10.5 Å². The standard InChI is InChI=1S/C30H19ClFN3/c31-24-11-5-3-9-22(24)28-29(23-10-4-6-12-25(23)32)35-26-15-13-19-7-1-2-8-20(19)21(26)14-16-27(35)30(28,17-33)18-34/h1-16,27-29H/t27-,28-,29-/m1/s1. The zero-order valence-corrected chi connectivity index (χ0v) is 19.3. The lowest BCUT2D eigenvalue weighted by Gasteiger charge is -2.37. The molecule has 0 radical (unpaired) electrons. The van der Waals surface area contributed by atoms with Gasteiger partial charge in [-0.3, -0.25) is 0 Å². The highest BCUT2D eigenvalue weighted by atomic mass is 35.5. The Morgan fingerprint density at radius 1 is 0.829 bits per heavy atom. The quantitative estimate of drug-likeness (QED) is 0.303. The second-order valence-electron chi connectivity index (χ2n) is 8.99. The zero-order valence-electron chi connectivity index (χ0n) is 18.6. The highest BCUT2D eigenvalue weighted by Crippen LogP contribution is 2.61. The number of benzene rings is 4. The molecular weight excluding hydrogens is 457 g/mol. The van der Waals surface area contributed by atoms with E-state index in [1.54, 1.807) is 24.3 Å². The van der Waals surface area contributed by atoms with Crippen LogP contribution in [0.1, 0.15) is 28.7 Å². The van der Waals surface area contributed by atoms with E-state index in [1.165, 1.54) is 6.07 Å². The maximum absolute atomic E-state index is 15.4. The lowest BCUT2D eigenvalue weighted by Crippen LogP contribution is -2.39. The third-order valence-electron chi connectivity index (χ3n) is 7.38. The fourth-order valence-corrected chi connectivity index (χ4v) is 6.14. The average Bonchev–Trinajstić information content (AvgIpc) is 3.19. The minimum absolute atomic E-state index is 0.378. The summed E-state index contributed by atoms with van der Waals surface area (Å²) in [6.07, 6.45) is 3.92. The summed E-state index contributed by atoms with van der Waals surface area (Å²) in [6, 6.07) is 29.5. The topological polar surface area (TPSA) is 50.8 Å². The summed E-state index contributed by atoms with van der Waals surface area (Å²) in [7, 11) is 0. The first-order chi connectivity index (χ1) is 17.1. The van der Waals surface area contributed by atoms with Crippen molar-refractivity contribution in [3.63, 3.8) is 0 Å². The van der Waals surface area contributed by atoms with Crippen LogP contribution in [0.25, 0.3) is 16.8 Å². The van der Waals surface area contributed by atoms with Gasteiger partial charge in [0.25, 0.3) is 0 Å². The van der Waals surface area contributed by atoms with Crippen molar-refractivity contribution >= 4 is 34.1 Å². The van der Waals surface area contributed by atoms with E-state index in [4.69, 9.17) is 11.6 Å². The molecule has 2 aliphatic rings. The predicted octanol–water partition coefficient (Wildman–Crippen LogP) is 7.41. The van der Waals surface area contributed by atoms with Crippen LogP contribution in [0.5, 0.6) is 0 Å². The molecule has 0 saturated carbocycles. The van der Waals surface area contributed by atoms with E-state index in [0.717, 1.165) is 22.0 Å². The maximum atomic E-state index is 15.4. The summed E-state index contributed by atoms with van der Waals surface area (Å²) in [5, 5.41) is 23.7. The van der Waals surface area contributed by atoms with Gasteiger partial charge in [-0.25, -0.2) is 4.39 Å². The van der Waals surface area contributed by atoms with Gasteiger partial charge in [0.2, 0.25) is 0 Å². The van der Waals surface area contributed by atoms with Crippen LogP contribution in [0.3, 0.4) is 0 Å². The molecule has 6 rings (SSSR count). The SMILES string of the molecule is N#CC1(C#N)[C@H](c2ccccc2Cl)[C@@H](c2ccccc2F)N2c3ccc4ccccc4c3C=C[C@@H]21. The highest BCUT2D eigenvalue weighted by Gasteiger charge is 2.62. The molecular formula is C30H19ClFN3. The van der Waals surface area contributed by atoms with Crippen LogP contribution in [-0.2, 0) is 0 Å². The molecule has 4 aromatic rings. The Morgan fingerprint density at radius 3 is 2.26 bits per heavy atom. The first-order valence-corrected chi connectivity index (χ1v) is 11.8. The summed E-state index contributed by atoms with van der Waals surface area (Å²) in [5.74, 6) is -1.06. The van der Waals surface area contributed by atoms with Crippen molar-refractivity contribution in [1.82, 2.24) is 0 Å². The van der Waals surface area contributed by atoms with E-state index in [2.05, 4.69) is 29.2 Å². The number of nitrogens with zero attached hydrogens (tertiary/aromatic N) is 3. The van der Waals surface area contributed by atoms with Gasteiger partial charge >= 0.3 is 0 Å². The number of hydrogen-bond donors (Lipinski definition) is 0. The molecule has 0 aliphatic carbocycles. The van der Waals surface area contributed by atoms with Crippen molar-refractivity contribution < 1.29 is 4.39 Å². The summed E-state index contributed by atoms with van der Waals surface area (Å²) in [5.41, 5.74) is 1.47. The molecule has 1 saturated heterocycles. The Bertz CT molecular complexity index is 1580. The lowest BCUT2D eigenvalue weighted by atomic mass is 9.69. The predicted molar refractivity (Wildman–Crippen MR) is 136 cm³/mol. The summed E-state index contributed by atoms with van der Waals surface area (Å²) in [4.78, 5) is 2.06. The first-order valence-electron chi connectivity index (χ1n) is 11.4. The van der Waals surface area contributed by atoms with Crippen LogP contribution in [0.15, 0.2) is 91.0 Å². The van der Waals surface area contributed by atoms with Crippen LogP contribution >= 0.6 is 11.6 Å². The van der Waals surface area contributed by atoms with Crippen LogP contribution in [0.2, 0.25) is 5.02 Å². The van der Waals surface area contributed by atoms with E-state index in [9.17, 15) is 10.5 Å². The van der Waals surface area contributed by atoms with Gasteiger partial charge in [0.1, 0.15) is 5.82 Å². The minimum atomic E-state index is -1.49. The number of halogens is 2. The molecule has 4 aromatic carbocycles. The Hall–Kier alpha value is -4.12. The molecule has 0 bridgehead atoms. The smallest absolute Gasteiger partial charge is 0.176 e. The van der Waals surface area contributed by atoms with Gasteiger partial charge in [-0.05, 0) is 34.5 Å². The van der Waals surface area contributed by atoms with Crippen molar-refractivity contribution in [2.75, 3.05) is 4.90 Å². The molecule has 2 aliphatic heterocycles. The van der Waals surface area contributed by atoms with Gasteiger partial charge in [-0.15, -0.1) is 0 Å². The van der Waals surface area contributed by atoms with Gasteiger partial charge < -0.3 is 4.90 Å². The minimum Gasteiger partial charge on any atom is -0.354 e. The molecule has 0 N–H and O–H groups in total. The number of hydrogen-bond acceptors (Lipinski definition) is 3. The van der Waals surface area contributed by atoms with Crippen LogP contribution in [0.4, 0.5) is 10.1 Å². The summed E-state index contributed by atoms with van der Waals surface area (Å²) in [6.45, 7) is 0. The van der Waals surface area contributed by atoms with E-state index in [0.29, 0.717) is 16.1 Å². The van der Waals surface area contributed by atoms with E-state index in [-0.39, 0.29) is 5.82 Å². The fraction of sp³-hybridized carbons (Fsp3) is 0.133. The lowest BCUT2D eigenvalue weighted by molar-refractivity contribution is 0.438. The van der Waals surface area contributed by atoms with Crippen molar-refractivity contribution in [2.45, 2.75) is 18.0 Å². The third kappa shape index (κ3) is 2.94. The van der Waals surface area contributed by atoms with Crippen LogP contribution in [-0.4, -0.2) is 6.04 Å². The van der Waals surface area contributed by atoms with Crippen molar-refractivity contribution in [3.8, 4) is 12.1 Å². The first kappa shape index (κ1) is 21.4. The normalized spacial score (nSPS) is 21.7. The molecule has 168 valence electrons. The second-order valence-corrected chi connectivity index (χ2v) is 9.40. The number of fused-ring (bicyclic) bond motifs is 5. The summed E-state index contributed by atoms with van der Waals surface area (Å²) >= 11 is 6.66. The van der Waals surface area contributed by atoms with E-state index >= 15 is 4.39 Å². The molecule has 0 amide bonds. The Kier molecular flexibility index (Phi) is 4.88. The monoisotopic (exact) mass is 475 g/mol. The van der Waals surface area contributed by atoms with Gasteiger partial charge in [-0.2, -0.15) is 10.5 Å². The van der Waals surface area contributed by atoms with Crippen LogP contribution < -0.4 is 4.90 Å². The summed E-state index contributed by atoms with van der Waals surface area (Å²) < 4.78 is 15.4. The third-order valence-corrected chi connectivity index (χ3v) is 7.72. The Balaban J connectivity index is 1.70. The fourth-order valence-electron chi connectivity index (χ4n) is 5.89. The molecule has 35 heavy (non-hydrogen) atoms. The van der Waals surface area contributed by atoms with Crippen molar-refractivity contribution in [3.05, 3.63) is 119 Å². The molecule has 1 fully saturated rings. The molecule has 3 nitrogen and oxygen atoms in total. The Morgan fingerprint density at radius 2 is 1.51 bits per heavy atom. The highest BCUT2D eigenvalue weighted by molar-refractivity contribution is 6.31. The van der Waals surface area contributed by atoms with Gasteiger partial charge in [0, 0.05) is 27.8 Å². The second kappa shape index (κ2) is 7.98. The van der Waals surface area contributed by atoms with Gasteiger partial charge in [-0.1, -0.05) is 90.5 Å². The molecule has 3 atom stereocenters. The molecule has 0 unspecified atom stereocenters. The molecule has 2 heterocycles. The largest absolute Gasteiger partial charge is 0.354 e. The van der Waals surface area contributed by atoms with Gasteiger partial charge in [0.05, 0.1) is 24.2 Å². The van der Waals surface area contributed by atoms with Crippen molar-refractivity contribution in [2.24, 2.45) is 5.41 Å². The number of rotatable bonds is 2.